The number of nitriles is 1. The first-order valence-electron chi connectivity index (χ1n) is 5.98. The van der Waals surface area contributed by atoms with Crippen molar-refractivity contribution >= 4 is 17.4 Å². The van der Waals surface area contributed by atoms with Crippen molar-refractivity contribution in [3.05, 3.63) is 24.0 Å². The Kier molecular flexibility index (Phi) is 4.27. The quantitative estimate of drug-likeness (QED) is 0.805. The van der Waals surface area contributed by atoms with Crippen LogP contribution in [0.5, 0.6) is 0 Å². The lowest BCUT2D eigenvalue weighted by molar-refractivity contribution is 0.745. The highest BCUT2D eigenvalue weighted by atomic mass is 32.2. The Bertz CT molecular complexity index is 413. The molecule has 1 unspecified atom stereocenters. The van der Waals surface area contributed by atoms with Gasteiger partial charge in [-0.3, -0.25) is 0 Å². The van der Waals surface area contributed by atoms with E-state index in [9.17, 15) is 0 Å². The zero-order valence-corrected chi connectivity index (χ0v) is 10.9. The third-order valence-electron chi connectivity index (χ3n) is 3.24. The molecule has 0 amide bonds. The summed E-state index contributed by atoms with van der Waals surface area (Å²) in [5, 5.41) is 9.84. The van der Waals surface area contributed by atoms with Crippen molar-refractivity contribution in [1.82, 2.24) is 4.98 Å². The Balaban J connectivity index is 2.14. The van der Waals surface area contributed by atoms with E-state index in [2.05, 4.69) is 22.2 Å². The first-order chi connectivity index (χ1) is 8.35. The Morgan fingerprint density at radius 1 is 1.47 bits per heavy atom. The molecule has 0 aliphatic carbocycles. The van der Waals surface area contributed by atoms with E-state index >= 15 is 0 Å². The van der Waals surface area contributed by atoms with E-state index in [-0.39, 0.29) is 0 Å². The van der Waals surface area contributed by atoms with Gasteiger partial charge in [-0.2, -0.15) is 17.0 Å². The van der Waals surface area contributed by atoms with Gasteiger partial charge in [-0.05, 0) is 37.7 Å². The van der Waals surface area contributed by atoms with Crippen LogP contribution < -0.4 is 4.90 Å². The van der Waals surface area contributed by atoms with Gasteiger partial charge >= 0.3 is 0 Å². The standard InChI is InChI=1S/C13H17N3S/c1-17-11-4-3-8-16(9-6-11)13-5-2-7-15-12(13)10-14/h2,5,7,11H,3-4,6,8-9H2,1H3. The highest BCUT2D eigenvalue weighted by molar-refractivity contribution is 7.99. The topological polar surface area (TPSA) is 39.9 Å². The molecule has 3 nitrogen and oxygen atoms in total. The summed E-state index contributed by atoms with van der Waals surface area (Å²) in [5.74, 6) is 0. The van der Waals surface area contributed by atoms with Gasteiger partial charge in [-0.1, -0.05) is 0 Å². The van der Waals surface area contributed by atoms with Gasteiger partial charge in [-0.25, -0.2) is 4.98 Å². The molecule has 4 heteroatoms. The van der Waals surface area contributed by atoms with Gasteiger partial charge in [0.1, 0.15) is 6.07 Å². The van der Waals surface area contributed by atoms with Crippen LogP contribution in [0.3, 0.4) is 0 Å². The average Bonchev–Trinajstić information content (AvgIpc) is 2.63. The third-order valence-corrected chi connectivity index (χ3v) is 4.38. The number of thioether (sulfide) groups is 1. The fourth-order valence-corrected chi connectivity index (χ4v) is 3.02. The Labute approximate surface area is 107 Å². The van der Waals surface area contributed by atoms with Gasteiger partial charge < -0.3 is 4.90 Å². The summed E-state index contributed by atoms with van der Waals surface area (Å²) in [6.07, 6.45) is 7.54. The lowest BCUT2D eigenvalue weighted by Gasteiger charge is -2.23. The number of pyridine rings is 1. The summed E-state index contributed by atoms with van der Waals surface area (Å²) < 4.78 is 0. The molecule has 0 aromatic carbocycles. The molecule has 1 aromatic rings. The maximum atomic E-state index is 9.07. The molecule has 0 spiro atoms. The summed E-state index contributed by atoms with van der Waals surface area (Å²) in [4.78, 5) is 6.44. The third kappa shape index (κ3) is 2.92. The van der Waals surface area contributed by atoms with Gasteiger partial charge in [0.25, 0.3) is 0 Å². The molecule has 1 aliphatic heterocycles. The van der Waals surface area contributed by atoms with E-state index < -0.39 is 0 Å². The molecular weight excluding hydrogens is 230 g/mol. The fraction of sp³-hybridized carbons (Fsp3) is 0.538. The van der Waals surface area contributed by atoms with Crippen LogP contribution in [0.25, 0.3) is 0 Å². The van der Waals surface area contributed by atoms with Gasteiger partial charge in [0.2, 0.25) is 0 Å². The number of hydrogen-bond donors (Lipinski definition) is 0. The first kappa shape index (κ1) is 12.3. The van der Waals surface area contributed by atoms with E-state index in [1.165, 1.54) is 19.3 Å². The van der Waals surface area contributed by atoms with E-state index in [1.807, 2.05) is 23.9 Å². The van der Waals surface area contributed by atoms with Crippen LogP contribution in [0.1, 0.15) is 25.0 Å². The predicted octanol–water partition coefficient (Wildman–Crippen LogP) is 2.68. The molecule has 90 valence electrons. The summed E-state index contributed by atoms with van der Waals surface area (Å²) in [6, 6.07) is 6.10. The molecule has 0 bridgehead atoms. The summed E-state index contributed by atoms with van der Waals surface area (Å²) in [5.41, 5.74) is 1.55. The highest BCUT2D eigenvalue weighted by Gasteiger charge is 2.18. The monoisotopic (exact) mass is 247 g/mol. The number of hydrogen-bond acceptors (Lipinski definition) is 4. The second-order valence-electron chi connectivity index (χ2n) is 4.26. The molecule has 0 saturated carbocycles. The number of nitrogens with zero attached hydrogens (tertiary/aromatic N) is 3. The zero-order chi connectivity index (χ0) is 12.1. The Morgan fingerprint density at radius 3 is 3.12 bits per heavy atom. The fourth-order valence-electron chi connectivity index (χ4n) is 2.28. The molecule has 1 aromatic heterocycles. The van der Waals surface area contributed by atoms with Crippen LogP contribution in [0.15, 0.2) is 18.3 Å². The molecule has 1 saturated heterocycles. The normalized spacial score (nSPS) is 20.7. The minimum absolute atomic E-state index is 0.551. The maximum Gasteiger partial charge on any atom is 0.163 e. The van der Waals surface area contributed by atoms with Crippen molar-refractivity contribution in [2.24, 2.45) is 0 Å². The first-order valence-corrected chi connectivity index (χ1v) is 7.27. The molecular formula is C13H17N3S. The average molecular weight is 247 g/mol. The van der Waals surface area contributed by atoms with E-state index in [0.29, 0.717) is 5.69 Å². The lowest BCUT2D eigenvalue weighted by atomic mass is 10.2. The Hall–Kier alpha value is -1.21. The van der Waals surface area contributed by atoms with Crippen molar-refractivity contribution in [3.63, 3.8) is 0 Å². The van der Waals surface area contributed by atoms with Crippen molar-refractivity contribution < 1.29 is 0 Å². The smallest absolute Gasteiger partial charge is 0.163 e. The molecule has 0 N–H and O–H groups in total. The van der Waals surface area contributed by atoms with E-state index in [4.69, 9.17) is 5.26 Å². The van der Waals surface area contributed by atoms with Gasteiger partial charge in [-0.15, -0.1) is 0 Å². The predicted molar refractivity (Wildman–Crippen MR) is 72.3 cm³/mol. The molecule has 1 fully saturated rings. The number of aromatic nitrogens is 1. The molecule has 0 radical (unpaired) electrons. The van der Waals surface area contributed by atoms with Gasteiger partial charge in [0.05, 0.1) is 5.69 Å². The summed E-state index contributed by atoms with van der Waals surface area (Å²) in [7, 11) is 0. The number of anilines is 1. The molecule has 1 aliphatic rings. The van der Waals surface area contributed by atoms with Crippen molar-refractivity contribution in [2.45, 2.75) is 24.5 Å². The van der Waals surface area contributed by atoms with Crippen molar-refractivity contribution in [3.8, 4) is 6.07 Å². The van der Waals surface area contributed by atoms with Crippen LogP contribution in [-0.4, -0.2) is 29.6 Å². The summed E-state index contributed by atoms with van der Waals surface area (Å²) in [6.45, 7) is 2.07. The largest absolute Gasteiger partial charge is 0.369 e. The summed E-state index contributed by atoms with van der Waals surface area (Å²) >= 11 is 1.96. The van der Waals surface area contributed by atoms with Crippen molar-refractivity contribution in [1.29, 1.82) is 5.26 Å². The van der Waals surface area contributed by atoms with E-state index in [0.717, 1.165) is 24.0 Å². The second kappa shape index (κ2) is 5.92. The molecule has 2 heterocycles. The van der Waals surface area contributed by atoms with Crippen LogP contribution in [0.2, 0.25) is 0 Å². The van der Waals surface area contributed by atoms with Crippen LogP contribution >= 0.6 is 11.8 Å². The maximum absolute atomic E-state index is 9.07. The van der Waals surface area contributed by atoms with Crippen molar-refractivity contribution in [2.75, 3.05) is 24.2 Å². The van der Waals surface area contributed by atoms with Crippen LogP contribution in [0.4, 0.5) is 5.69 Å². The van der Waals surface area contributed by atoms with Crippen LogP contribution in [0, 0.1) is 11.3 Å². The molecule has 1 atom stereocenters. The molecule has 2 rings (SSSR count). The van der Waals surface area contributed by atoms with Gasteiger partial charge in [0, 0.05) is 24.5 Å². The lowest BCUT2D eigenvalue weighted by Crippen LogP contribution is -2.25. The van der Waals surface area contributed by atoms with E-state index in [1.54, 1.807) is 6.20 Å². The Morgan fingerprint density at radius 2 is 2.35 bits per heavy atom. The SMILES string of the molecule is CSC1CCCN(c2cccnc2C#N)CC1. The molecule has 17 heavy (non-hydrogen) atoms. The highest BCUT2D eigenvalue weighted by Crippen LogP contribution is 2.25. The minimum atomic E-state index is 0.551. The van der Waals surface area contributed by atoms with Crippen LogP contribution in [-0.2, 0) is 0 Å². The second-order valence-corrected chi connectivity index (χ2v) is 5.40. The number of rotatable bonds is 2. The minimum Gasteiger partial charge on any atom is -0.369 e. The van der Waals surface area contributed by atoms with Gasteiger partial charge in [0.15, 0.2) is 5.69 Å². The zero-order valence-electron chi connectivity index (χ0n) is 10.1.